The minimum absolute atomic E-state index is 0.192. The first-order valence-corrected chi connectivity index (χ1v) is 12.8. The van der Waals surface area contributed by atoms with Crippen molar-refractivity contribution in [2.75, 3.05) is 0 Å². The van der Waals surface area contributed by atoms with Crippen LogP contribution in [0.1, 0.15) is 62.4 Å². The Hall–Kier alpha value is -0.803. The van der Waals surface area contributed by atoms with Crippen LogP contribution in [0.25, 0.3) is 5.57 Å². The Labute approximate surface area is 157 Å². The van der Waals surface area contributed by atoms with Crippen molar-refractivity contribution >= 4 is 29.8 Å². The molecule has 0 saturated carbocycles. The molecule has 0 bridgehead atoms. The molecule has 0 radical (unpaired) electrons. The van der Waals surface area contributed by atoms with Gasteiger partial charge in [-0.25, -0.2) is 0 Å². The maximum atomic E-state index is 6.78. The number of benzene rings is 1. The molecule has 1 aromatic rings. The summed E-state index contributed by atoms with van der Waals surface area (Å²) in [5, 5.41) is 0.204. The molecule has 0 fully saturated rings. The Kier molecular flexibility index (Phi) is 6.19. The van der Waals surface area contributed by atoms with Crippen molar-refractivity contribution in [3.8, 4) is 0 Å². The molecule has 0 spiro atoms. The van der Waals surface area contributed by atoms with E-state index in [0.29, 0.717) is 0 Å². The first-order chi connectivity index (χ1) is 11.2. The van der Waals surface area contributed by atoms with Crippen LogP contribution in [0.15, 0.2) is 42.7 Å². The van der Waals surface area contributed by atoms with E-state index in [2.05, 4.69) is 80.6 Å². The number of rotatable bonds is 7. The van der Waals surface area contributed by atoms with Crippen molar-refractivity contribution in [2.24, 2.45) is 0 Å². The number of alkyl halides is 1. The lowest BCUT2D eigenvalue weighted by Crippen LogP contribution is -2.40. The van der Waals surface area contributed by atoms with Crippen molar-refractivity contribution < 1.29 is 4.43 Å². The highest BCUT2D eigenvalue weighted by molar-refractivity contribution is 9.09. The van der Waals surface area contributed by atoms with Gasteiger partial charge in [-0.3, -0.25) is 0 Å². The lowest BCUT2D eigenvalue weighted by molar-refractivity contribution is 0.377. The van der Waals surface area contributed by atoms with Gasteiger partial charge in [0.2, 0.25) is 8.32 Å². The van der Waals surface area contributed by atoms with Crippen molar-refractivity contribution in [2.45, 2.75) is 69.4 Å². The average Bonchev–Trinajstić information content (AvgIpc) is 2.76. The second-order valence-corrected chi connectivity index (χ2v) is 13.8. The highest BCUT2D eigenvalue weighted by Gasteiger charge is 2.42. The van der Waals surface area contributed by atoms with E-state index >= 15 is 0 Å². The summed E-state index contributed by atoms with van der Waals surface area (Å²) in [5.74, 6) is 1.17. The van der Waals surface area contributed by atoms with Crippen LogP contribution in [0, 0.1) is 0 Å². The average molecular weight is 407 g/mol. The van der Waals surface area contributed by atoms with Crippen molar-refractivity contribution in [1.82, 2.24) is 0 Å². The van der Waals surface area contributed by atoms with E-state index in [9.17, 15) is 0 Å². The Balaban J connectivity index is 2.33. The summed E-state index contributed by atoms with van der Waals surface area (Å²) in [6, 6.07) is 8.73. The molecule has 0 N–H and O–H groups in total. The normalized spacial score (nSPS) is 17.8. The van der Waals surface area contributed by atoms with Crippen LogP contribution < -0.4 is 0 Å². The summed E-state index contributed by atoms with van der Waals surface area (Å²) < 4.78 is 6.78. The fourth-order valence-corrected chi connectivity index (χ4v) is 4.85. The molecule has 1 unspecified atom stereocenters. The Morgan fingerprint density at radius 2 is 1.88 bits per heavy atom. The van der Waals surface area contributed by atoms with E-state index in [1.807, 2.05) is 6.08 Å². The minimum atomic E-state index is -1.85. The Bertz CT molecular complexity index is 625. The molecule has 24 heavy (non-hydrogen) atoms. The predicted octanol–water partition coefficient (Wildman–Crippen LogP) is 7.62. The summed E-state index contributed by atoms with van der Waals surface area (Å²) in [6.07, 6.45) is 6.55. The van der Waals surface area contributed by atoms with Gasteiger partial charge >= 0.3 is 0 Å². The zero-order chi connectivity index (χ0) is 18.0. The van der Waals surface area contributed by atoms with Crippen LogP contribution in [0.4, 0.5) is 0 Å². The number of hydrogen-bond donors (Lipinski definition) is 0. The Morgan fingerprint density at radius 3 is 2.50 bits per heavy atom. The summed E-state index contributed by atoms with van der Waals surface area (Å²) in [6.45, 7) is 15.4. The summed E-state index contributed by atoms with van der Waals surface area (Å²) >= 11 is 3.91. The summed E-state index contributed by atoms with van der Waals surface area (Å²) in [5.41, 5.74) is 4.12. The van der Waals surface area contributed by atoms with E-state index in [1.54, 1.807) is 0 Å². The maximum absolute atomic E-state index is 6.78. The number of allylic oxidation sites excluding steroid dienone is 3. The Morgan fingerprint density at radius 1 is 1.21 bits per heavy atom. The van der Waals surface area contributed by atoms with E-state index in [4.69, 9.17) is 4.43 Å². The molecule has 0 aliphatic heterocycles. The first kappa shape index (κ1) is 19.5. The van der Waals surface area contributed by atoms with Crippen LogP contribution >= 0.6 is 15.9 Å². The maximum Gasteiger partial charge on any atom is 0.250 e. The van der Waals surface area contributed by atoms with E-state index < -0.39 is 8.32 Å². The second kappa shape index (κ2) is 7.61. The minimum Gasteiger partial charge on any atom is -0.545 e. The molecule has 0 saturated heterocycles. The molecule has 1 aromatic carbocycles. The lowest BCUT2D eigenvalue weighted by Gasteiger charge is -2.38. The summed E-state index contributed by atoms with van der Waals surface area (Å²) in [4.78, 5) is 0.192. The van der Waals surface area contributed by atoms with Crippen molar-refractivity contribution in [1.29, 1.82) is 0 Å². The molecule has 1 aliphatic rings. The molecule has 0 amide bonds. The van der Waals surface area contributed by atoms with Crippen LogP contribution in [0.3, 0.4) is 0 Å². The SMILES string of the molecule is C=CCCCCC1=C(O[Si](C)(C)C(C)(C)C)C(Br)c2ccccc21. The van der Waals surface area contributed by atoms with Crippen LogP contribution in [0.5, 0.6) is 0 Å². The van der Waals surface area contributed by atoms with Gasteiger partial charge < -0.3 is 4.43 Å². The molecule has 2 rings (SSSR count). The molecular weight excluding hydrogens is 376 g/mol. The van der Waals surface area contributed by atoms with Gasteiger partial charge in [0.05, 0.1) is 4.83 Å². The van der Waals surface area contributed by atoms with Crippen molar-refractivity contribution in [3.63, 3.8) is 0 Å². The topological polar surface area (TPSA) is 9.23 Å². The quantitative estimate of drug-likeness (QED) is 0.196. The third-order valence-corrected chi connectivity index (χ3v) is 10.6. The van der Waals surface area contributed by atoms with E-state index in [-0.39, 0.29) is 9.87 Å². The van der Waals surface area contributed by atoms with Gasteiger partial charge in [0, 0.05) is 0 Å². The largest absolute Gasteiger partial charge is 0.545 e. The molecular formula is C21H31BrOSi. The standard InChI is InChI=1S/C21H31BrOSi/c1-7-8-9-10-15-18-16-13-11-12-14-17(16)19(22)20(18)23-24(5,6)21(2,3)4/h7,11-14,19H,1,8-10,15H2,2-6H3. The zero-order valence-electron chi connectivity index (χ0n) is 15.8. The fraction of sp³-hybridized carbons (Fsp3) is 0.524. The number of fused-ring (bicyclic) bond motifs is 1. The third-order valence-electron chi connectivity index (χ3n) is 5.34. The number of halogens is 1. The molecule has 1 atom stereocenters. The highest BCUT2D eigenvalue weighted by atomic mass is 79.9. The van der Waals surface area contributed by atoms with Gasteiger partial charge in [0.1, 0.15) is 5.76 Å². The lowest BCUT2D eigenvalue weighted by atomic mass is 10.0. The molecule has 1 nitrogen and oxygen atoms in total. The predicted molar refractivity (Wildman–Crippen MR) is 112 cm³/mol. The molecule has 1 aliphatic carbocycles. The van der Waals surface area contributed by atoms with Crippen LogP contribution in [-0.2, 0) is 4.43 Å². The fourth-order valence-electron chi connectivity index (χ4n) is 2.81. The monoisotopic (exact) mass is 406 g/mol. The number of hydrogen-bond acceptors (Lipinski definition) is 1. The van der Waals surface area contributed by atoms with Crippen LogP contribution in [0.2, 0.25) is 18.1 Å². The van der Waals surface area contributed by atoms with E-state index in [1.165, 1.54) is 35.3 Å². The molecule has 3 heteroatoms. The van der Waals surface area contributed by atoms with Gasteiger partial charge in [-0.15, -0.1) is 6.58 Å². The van der Waals surface area contributed by atoms with Gasteiger partial charge in [-0.05, 0) is 60.5 Å². The molecule has 132 valence electrons. The smallest absolute Gasteiger partial charge is 0.250 e. The highest BCUT2D eigenvalue weighted by Crippen LogP contribution is 2.50. The van der Waals surface area contributed by atoms with Crippen molar-refractivity contribution in [3.05, 3.63) is 53.8 Å². The van der Waals surface area contributed by atoms with Gasteiger partial charge in [-0.1, -0.05) is 67.0 Å². The van der Waals surface area contributed by atoms with Gasteiger partial charge in [-0.2, -0.15) is 0 Å². The zero-order valence-corrected chi connectivity index (χ0v) is 18.4. The second-order valence-electron chi connectivity index (χ2n) is 8.19. The van der Waals surface area contributed by atoms with Gasteiger partial charge in [0.15, 0.2) is 0 Å². The summed E-state index contributed by atoms with van der Waals surface area (Å²) in [7, 11) is -1.85. The van der Waals surface area contributed by atoms with Gasteiger partial charge in [0.25, 0.3) is 0 Å². The van der Waals surface area contributed by atoms with Crippen LogP contribution in [-0.4, -0.2) is 8.32 Å². The number of unbranched alkanes of at least 4 members (excludes halogenated alkanes) is 2. The third kappa shape index (κ3) is 4.05. The molecule has 0 aromatic heterocycles. The van der Waals surface area contributed by atoms with E-state index in [0.717, 1.165) is 12.8 Å². The molecule has 0 heterocycles. The first-order valence-electron chi connectivity index (χ1n) is 8.95.